The second-order valence-corrected chi connectivity index (χ2v) is 2.70. The van der Waals surface area contributed by atoms with Gasteiger partial charge in [0.2, 0.25) is 0 Å². The van der Waals surface area contributed by atoms with E-state index in [1.807, 2.05) is 0 Å². The molecule has 0 aromatic rings. The second-order valence-electron chi connectivity index (χ2n) is 2.70. The summed E-state index contributed by atoms with van der Waals surface area (Å²) in [6.07, 6.45) is -1.19. The van der Waals surface area contributed by atoms with Crippen LogP contribution in [0.3, 0.4) is 0 Å². The Hall–Kier alpha value is -0.160. The molecule has 0 amide bonds. The van der Waals surface area contributed by atoms with Crippen LogP contribution < -0.4 is 5.73 Å². The van der Waals surface area contributed by atoms with Crippen molar-refractivity contribution >= 4 is 0 Å². The first-order chi connectivity index (χ1) is 4.92. The van der Waals surface area contributed by atoms with Crippen LogP contribution >= 0.6 is 0 Å². The molecular weight excluding hydrogens is 146 g/mol. The molecule has 0 bridgehead atoms. The van der Waals surface area contributed by atoms with Crippen LogP contribution in [-0.4, -0.2) is 28.3 Å². The molecule has 3 atom stereocenters. The standard InChI is InChI=1S/C7H17NO3/c1-4-7(10,5(2)9)11-6(3)8/h5-6,9-10H,4,8H2,1-3H3. The zero-order valence-electron chi connectivity index (χ0n) is 7.24. The molecule has 11 heavy (non-hydrogen) atoms. The van der Waals surface area contributed by atoms with Gasteiger partial charge >= 0.3 is 0 Å². The monoisotopic (exact) mass is 163 g/mol. The van der Waals surface area contributed by atoms with Gasteiger partial charge < -0.3 is 20.7 Å². The Labute approximate surface area is 67.0 Å². The van der Waals surface area contributed by atoms with Crippen molar-refractivity contribution in [1.82, 2.24) is 0 Å². The van der Waals surface area contributed by atoms with Crippen molar-refractivity contribution in [2.75, 3.05) is 0 Å². The zero-order chi connectivity index (χ0) is 9.07. The fraction of sp³-hybridized carbons (Fsp3) is 1.00. The molecule has 0 aliphatic carbocycles. The van der Waals surface area contributed by atoms with Gasteiger partial charge in [0.25, 0.3) is 0 Å². The first-order valence-corrected chi connectivity index (χ1v) is 3.76. The molecule has 0 radical (unpaired) electrons. The number of hydrogen-bond acceptors (Lipinski definition) is 4. The third kappa shape index (κ3) is 3.16. The Morgan fingerprint density at radius 1 is 1.55 bits per heavy atom. The highest BCUT2D eigenvalue weighted by atomic mass is 16.6. The normalized spacial score (nSPS) is 22.4. The van der Waals surface area contributed by atoms with E-state index in [2.05, 4.69) is 0 Å². The maximum Gasteiger partial charge on any atom is 0.193 e. The van der Waals surface area contributed by atoms with Crippen LogP contribution in [0.15, 0.2) is 0 Å². The van der Waals surface area contributed by atoms with Crippen LogP contribution in [0.2, 0.25) is 0 Å². The van der Waals surface area contributed by atoms with Crippen molar-refractivity contribution in [3.8, 4) is 0 Å². The summed E-state index contributed by atoms with van der Waals surface area (Å²) in [5.41, 5.74) is 5.30. The predicted molar refractivity (Wildman–Crippen MR) is 41.7 cm³/mol. The van der Waals surface area contributed by atoms with Crippen LogP contribution in [-0.2, 0) is 4.74 Å². The van der Waals surface area contributed by atoms with Crippen LogP contribution in [0.5, 0.6) is 0 Å². The second kappa shape index (κ2) is 4.01. The molecule has 0 aromatic carbocycles. The van der Waals surface area contributed by atoms with Crippen LogP contribution in [0.4, 0.5) is 0 Å². The molecule has 0 heterocycles. The van der Waals surface area contributed by atoms with Crippen LogP contribution in [0.25, 0.3) is 0 Å². The van der Waals surface area contributed by atoms with Gasteiger partial charge in [-0.25, -0.2) is 0 Å². The van der Waals surface area contributed by atoms with Crippen molar-refractivity contribution in [3.05, 3.63) is 0 Å². The minimum atomic E-state index is -1.51. The Bertz CT molecular complexity index is 116. The van der Waals surface area contributed by atoms with Gasteiger partial charge in [0.1, 0.15) is 12.3 Å². The molecule has 4 heteroatoms. The van der Waals surface area contributed by atoms with Crippen molar-refractivity contribution < 1.29 is 14.9 Å². The first kappa shape index (κ1) is 10.8. The molecule has 0 saturated heterocycles. The Morgan fingerprint density at radius 2 is 2.00 bits per heavy atom. The Balaban J connectivity index is 4.10. The van der Waals surface area contributed by atoms with Gasteiger partial charge in [-0.3, -0.25) is 0 Å². The minimum absolute atomic E-state index is 0.312. The molecule has 4 nitrogen and oxygen atoms in total. The van der Waals surface area contributed by atoms with E-state index in [9.17, 15) is 5.11 Å². The summed E-state index contributed by atoms with van der Waals surface area (Å²) in [6.45, 7) is 4.78. The molecule has 3 unspecified atom stereocenters. The van der Waals surface area contributed by atoms with Gasteiger partial charge in [-0.2, -0.15) is 0 Å². The number of nitrogens with two attached hydrogens (primary N) is 1. The third-order valence-corrected chi connectivity index (χ3v) is 1.55. The smallest absolute Gasteiger partial charge is 0.193 e. The van der Waals surface area contributed by atoms with Gasteiger partial charge in [-0.1, -0.05) is 6.92 Å². The van der Waals surface area contributed by atoms with Crippen LogP contribution in [0, 0.1) is 0 Å². The third-order valence-electron chi connectivity index (χ3n) is 1.55. The lowest BCUT2D eigenvalue weighted by Gasteiger charge is -2.31. The number of aliphatic hydroxyl groups is 2. The molecule has 0 saturated carbocycles. The molecule has 0 aliphatic heterocycles. The minimum Gasteiger partial charge on any atom is -0.388 e. The number of ether oxygens (including phenoxy) is 1. The summed E-state index contributed by atoms with van der Waals surface area (Å²) in [5.74, 6) is -1.51. The van der Waals surface area contributed by atoms with Crippen molar-refractivity contribution in [1.29, 1.82) is 0 Å². The maximum atomic E-state index is 9.52. The van der Waals surface area contributed by atoms with E-state index in [-0.39, 0.29) is 0 Å². The lowest BCUT2D eigenvalue weighted by molar-refractivity contribution is -0.270. The SMILES string of the molecule is CCC(O)(OC(C)N)C(C)O. The summed E-state index contributed by atoms with van der Waals surface area (Å²) < 4.78 is 4.93. The van der Waals surface area contributed by atoms with Gasteiger partial charge in [0.05, 0.1) is 0 Å². The number of rotatable bonds is 4. The molecular formula is C7H17NO3. The molecule has 0 fully saturated rings. The summed E-state index contributed by atoms with van der Waals surface area (Å²) in [6, 6.07) is 0. The van der Waals surface area contributed by atoms with Crippen molar-refractivity contribution in [2.45, 2.75) is 45.3 Å². The molecule has 4 N–H and O–H groups in total. The Morgan fingerprint density at radius 3 is 2.09 bits per heavy atom. The quantitative estimate of drug-likeness (QED) is 0.501. The lowest BCUT2D eigenvalue weighted by atomic mass is 10.1. The highest BCUT2D eigenvalue weighted by Gasteiger charge is 2.32. The fourth-order valence-electron chi connectivity index (χ4n) is 0.799. The van der Waals surface area contributed by atoms with Crippen LogP contribution in [0.1, 0.15) is 27.2 Å². The van der Waals surface area contributed by atoms with Crippen molar-refractivity contribution in [2.24, 2.45) is 5.73 Å². The van der Waals surface area contributed by atoms with Gasteiger partial charge in [0.15, 0.2) is 5.79 Å². The highest BCUT2D eigenvalue weighted by Crippen LogP contribution is 2.17. The van der Waals surface area contributed by atoms with E-state index < -0.39 is 18.1 Å². The van der Waals surface area contributed by atoms with Crippen molar-refractivity contribution in [3.63, 3.8) is 0 Å². The zero-order valence-corrected chi connectivity index (χ0v) is 7.24. The van der Waals surface area contributed by atoms with E-state index >= 15 is 0 Å². The van der Waals surface area contributed by atoms with E-state index in [0.29, 0.717) is 6.42 Å². The Kier molecular flexibility index (Phi) is 3.96. The van der Waals surface area contributed by atoms with Gasteiger partial charge in [0, 0.05) is 6.42 Å². The molecule has 68 valence electrons. The maximum absolute atomic E-state index is 9.52. The van der Waals surface area contributed by atoms with E-state index in [0.717, 1.165) is 0 Å². The summed E-state index contributed by atoms with van der Waals surface area (Å²) >= 11 is 0. The molecule has 0 rings (SSSR count). The first-order valence-electron chi connectivity index (χ1n) is 3.76. The largest absolute Gasteiger partial charge is 0.388 e. The van der Waals surface area contributed by atoms with E-state index in [1.54, 1.807) is 13.8 Å². The van der Waals surface area contributed by atoms with E-state index in [4.69, 9.17) is 15.6 Å². The lowest BCUT2D eigenvalue weighted by Crippen LogP contribution is -2.46. The van der Waals surface area contributed by atoms with E-state index in [1.165, 1.54) is 6.92 Å². The molecule has 0 aliphatic rings. The highest BCUT2D eigenvalue weighted by molar-refractivity contribution is 4.72. The summed E-state index contributed by atoms with van der Waals surface area (Å²) in [5, 5.41) is 18.6. The predicted octanol–water partition coefficient (Wildman–Crippen LogP) is -0.213. The topological polar surface area (TPSA) is 75.7 Å². The van der Waals surface area contributed by atoms with Gasteiger partial charge in [-0.05, 0) is 13.8 Å². The summed E-state index contributed by atoms with van der Waals surface area (Å²) in [4.78, 5) is 0. The fourth-order valence-corrected chi connectivity index (χ4v) is 0.799. The summed E-state index contributed by atoms with van der Waals surface area (Å²) in [7, 11) is 0. The molecule has 0 spiro atoms. The average molecular weight is 163 g/mol. The average Bonchev–Trinajstić information content (AvgIpc) is 1.86. The van der Waals surface area contributed by atoms with Gasteiger partial charge in [-0.15, -0.1) is 0 Å². The number of hydrogen-bond donors (Lipinski definition) is 3. The number of aliphatic hydroxyl groups excluding tert-OH is 1. The molecule has 0 aromatic heterocycles.